The molecule has 0 aromatic carbocycles. The molecule has 1 aliphatic heterocycles. The van der Waals surface area contributed by atoms with Gasteiger partial charge in [-0.3, -0.25) is 4.68 Å². The summed E-state index contributed by atoms with van der Waals surface area (Å²) >= 11 is 0. The van der Waals surface area contributed by atoms with Crippen molar-refractivity contribution in [3.8, 4) is 17.2 Å². The third kappa shape index (κ3) is 2.55. The molecular formula is C18H20N6OS. The van der Waals surface area contributed by atoms with Crippen LogP contribution < -0.4 is 0 Å². The van der Waals surface area contributed by atoms with E-state index in [1.807, 2.05) is 53.7 Å². The number of nitriles is 1. The largest absolute Gasteiger partial charge is 0.346 e. The Morgan fingerprint density at radius 3 is 2.96 bits per heavy atom. The van der Waals surface area contributed by atoms with Gasteiger partial charge in [0.15, 0.2) is 0 Å². The topological polar surface area (TPSA) is 90.6 Å². The Morgan fingerprint density at radius 1 is 1.42 bits per heavy atom. The molecule has 0 aliphatic carbocycles. The first kappa shape index (κ1) is 16.9. The minimum atomic E-state index is -0.985. The highest BCUT2D eigenvalue weighted by Crippen LogP contribution is 2.36. The number of hydrogen-bond acceptors (Lipinski definition) is 4. The third-order valence-corrected chi connectivity index (χ3v) is 6.35. The van der Waals surface area contributed by atoms with Gasteiger partial charge in [0.05, 0.1) is 29.7 Å². The van der Waals surface area contributed by atoms with Gasteiger partial charge in [-0.05, 0) is 18.6 Å². The standard InChI is InChI=1S/C18H20N6OS/c1-3-26(25)23-11-18(12-23,5-6-19)24-10-14(9-22-24)16-13(2)8-21-17-15(16)4-7-20-17/h4,7-10H,3,5,11-12H2,1-2H3,(H,20,21). The zero-order valence-electron chi connectivity index (χ0n) is 14.8. The van der Waals surface area contributed by atoms with Gasteiger partial charge in [0, 0.05) is 53.9 Å². The van der Waals surface area contributed by atoms with E-state index in [0.717, 1.165) is 27.7 Å². The molecule has 0 radical (unpaired) electrons. The molecule has 1 aliphatic rings. The first-order chi connectivity index (χ1) is 12.6. The first-order valence-electron chi connectivity index (χ1n) is 8.56. The maximum atomic E-state index is 12.0. The normalized spacial score (nSPS) is 17.7. The van der Waals surface area contributed by atoms with E-state index >= 15 is 0 Å². The fraction of sp³-hybridized carbons (Fsp3) is 0.389. The summed E-state index contributed by atoms with van der Waals surface area (Å²) in [4.78, 5) is 7.55. The van der Waals surface area contributed by atoms with Crippen LogP contribution in [0.2, 0.25) is 0 Å². The summed E-state index contributed by atoms with van der Waals surface area (Å²) in [5.74, 6) is 0.592. The Hall–Kier alpha value is -2.50. The number of fused-ring (bicyclic) bond motifs is 1. The van der Waals surface area contributed by atoms with Gasteiger partial charge in [-0.15, -0.1) is 0 Å². The maximum absolute atomic E-state index is 12.0. The average molecular weight is 368 g/mol. The molecular weight excluding hydrogens is 348 g/mol. The number of aromatic amines is 1. The minimum Gasteiger partial charge on any atom is -0.346 e. The van der Waals surface area contributed by atoms with Gasteiger partial charge in [-0.25, -0.2) is 13.5 Å². The second-order valence-corrected chi connectivity index (χ2v) is 8.43. The van der Waals surface area contributed by atoms with E-state index in [2.05, 4.69) is 21.1 Å². The highest BCUT2D eigenvalue weighted by Gasteiger charge is 2.47. The van der Waals surface area contributed by atoms with Crippen LogP contribution in [0.4, 0.5) is 0 Å². The summed E-state index contributed by atoms with van der Waals surface area (Å²) in [5.41, 5.74) is 3.62. The summed E-state index contributed by atoms with van der Waals surface area (Å²) in [7, 11) is -0.985. The predicted octanol–water partition coefficient (Wildman–Crippen LogP) is 2.34. The van der Waals surface area contributed by atoms with Crippen LogP contribution in [0.15, 0.2) is 30.9 Å². The van der Waals surface area contributed by atoms with Gasteiger partial charge in [0.1, 0.15) is 11.2 Å². The molecule has 134 valence electrons. The molecule has 8 heteroatoms. The lowest BCUT2D eigenvalue weighted by Gasteiger charge is -2.47. The van der Waals surface area contributed by atoms with Crippen LogP contribution in [0, 0.1) is 18.3 Å². The first-order valence-corrected chi connectivity index (χ1v) is 9.84. The SMILES string of the molecule is CCS(=O)N1CC(CC#N)(n2cc(-c3c(C)cnc4[nH]ccc34)cn2)C1. The number of pyridine rings is 1. The van der Waals surface area contributed by atoms with Crippen LogP contribution in [0.25, 0.3) is 22.2 Å². The van der Waals surface area contributed by atoms with E-state index in [1.165, 1.54) is 0 Å². The van der Waals surface area contributed by atoms with Crippen LogP contribution in [-0.2, 0) is 16.5 Å². The van der Waals surface area contributed by atoms with Crippen molar-refractivity contribution in [2.75, 3.05) is 18.8 Å². The van der Waals surface area contributed by atoms with Crippen LogP contribution in [0.3, 0.4) is 0 Å². The number of rotatable bonds is 5. The van der Waals surface area contributed by atoms with Gasteiger partial charge in [-0.2, -0.15) is 10.4 Å². The number of nitrogens with one attached hydrogen (secondary N) is 1. The quantitative estimate of drug-likeness (QED) is 0.748. The molecule has 7 nitrogen and oxygen atoms in total. The molecule has 26 heavy (non-hydrogen) atoms. The van der Waals surface area contributed by atoms with Crippen molar-refractivity contribution in [2.45, 2.75) is 25.8 Å². The zero-order chi connectivity index (χ0) is 18.3. The Balaban J connectivity index is 1.71. The molecule has 0 spiro atoms. The van der Waals surface area contributed by atoms with Crippen LogP contribution in [0.5, 0.6) is 0 Å². The maximum Gasteiger partial charge on any atom is 0.137 e. The molecule has 1 saturated heterocycles. The molecule has 3 aromatic rings. The number of aryl methyl sites for hydroxylation is 1. The van der Waals surface area contributed by atoms with Crippen molar-refractivity contribution in [3.63, 3.8) is 0 Å². The minimum absolute atomic E-state index is 0.348. The fourth-order valence-corrected chi connectivity index (χ4v) is 4.76. The summed E-state index contributed by atoms with van der Waals surface area (Å²) in [5, 5.41) is 14.9. The third-order valence-electron chi connectivity index (χ3n) is 5.02. The van der Waals surface area contributed by atoms with Crippen molar-refractivity contribution < 1.29 is 4.21 Å². The number of aromatic nitrogens is 4. The molecule has 0 saturated carbocycles. The van der Waals surface area contributed by atoms with Crippen molar-refractivity contribution in [1.82, 2.24) is 24.1 Å². The van der Waals surface area contributed by atoms with Gasteiger partial charge in [0.25, 0.3) is 0 Å². The molecule has 0 bridgehead atoms. The Kier molecular flexibility index (Phi) is 4.13. The van der Waals surface area contributed by atoms with Crippen LogP contribution >= 0.6 is 0 Å². The Labute approximate surface area is 154 Å². The molecule has 3 aromatic heterocycles. The van der Waals surface area contributed by atoms with E-state index in [4.69, 9.17) is 0 Å². The van der Waals surface area contributed by atoms with Gasteiger partial charge in [-0.1, -0.05) is 6.92 Å². The van der Waals surface area contributed by atoms with Gasteiger partial charge in [0.2, 0.25) is 0 Å². The van der Waals surface area contributed by atoms with E-state index in [-0.39, 0.29) is 0 Å². The van der Waals surface area contributed by atoms with Crippen molar-refractivity contribution in [3.05, 3.63) is 36.4 Å². The van der Waals surface area contributed by atoms with E-state index in [9.17, 15) is 9.47 Å². The van der Waals surface area contributed by atoms with E-state index in [0.29, 0.717) is 25.3 Å². The molecule has 1 N–H and O–H groups in total. The highest BCUT2D eigenvalue weighted by atomic mass is 32.2. The lowest BCUT2D eigenvalue weighted by atomic mass is 9.89. The molecule has 1 atom stereocenters. The summed E-state index contributed by atoms with van der Waals surface area (Å²) in [6, 6.07) is 4.29. The molecule has 0 amide bonds. The summed E-state index contributed by atoms with van der Waals surface area (Å²) < 4.78 is 15.8. The smallest absolute Gasteiger partial charge is 0.137 e. The average Bonchev–Trinajstić information content (AvgIpc) is 3.26. The van der Waals surface area contributed by atoms with Crippen molar-refractivity contribution in [1.29, 1.82) is 5.26 Å². The van der Waals surface area contributed by atoms with Crippen LogP contribution in [0.1, 0.15) is 18.9 Å². The van der Waals surface area contributed by atoms with Crippen molar-refractivity contribution >= 4 is 22.0 Å². The molecule has 4 heterocycles. The molecule has 1 fully saturated rings. The summed E-state index contributed by atoms with van der Waals surface area (Å²) in [6.07, 6.45) is 7.92. The Morgan fingerprint density at radius 2 is 2.23 bits per heavy atom. The lowest BCUT2D eigenvalue weighted by molar-refractivity contribution is 0.0765. The number of hydrogen-bond donors (Lipinski definition) is 1. The van der Waals surface area contributed by atoms with Gasteiger partial charge < -0.3 is 4.98 Å². The monoisotopic (exact) mass is 368 g/mol. The van der Waals surface area contributed by atoms with Gasteiger partial charge >= 0.3 is 0 Å². The zero-order valence-corrected chi connectivity index (χ0v) is 15.6. The summed E-state index contributed by atoms with van der Waals surface area (Å²) in [6.45, 7) is 5.10. The van der Waals surface area contributed by atoms with Crippen molar-refractivity contribution in [2.24, 2.45) is 0 Å². The number of H-pyrrole nitrogens is 1. The van der Waals surface area contributed by atoms with E-state index in [1.54, 1.807) is 0 Å². The second-order valence-electron chi connectivity index (χ2n) is 6.70. The van der Waals surface area contributed by atoms with Crippen LogP contribution in [-0.4, -0.2) is 47.1 Å². The number of nitrogens with zero attached hydrogens (tertiary/aromatic N) is 5. The fourth-order valence-electron chi connectivity index (χ4n) is 3.62. The lowest BCUT2D eigenvalue weighted by Crippen LogP contribution is -2.63. The molecule has 1 unspecified atom stereocenters. The van der Waals surface area contributed by atoms with E-state index < -0.39 is 16.5 Å². The predicted molar refractivity (Wildman–Crippen MR) is 101 cm³/mol. The second kappa shape index (κ2) is 6.34. The molecule has 4 rings (SSSR count). The Bertz CT molecular complexity index is 1020. The highest BCUT2D eigenvalue weighted by molar-refractivity contribution is 7.82.